The Morgan fingerprint density at radius 1 is 1.14 bits per heavy atom. The third-order valence-corrected chi connectivity index (χ3v) is 5.45. The molecule has 0 bridgehead atoms. The van der Waals surface area contributed by atoms with Crippen molar-refractivity contribution in [3.8, 4) is 0 Å². The molecule has 1 unspecified atom stereocenters. The Hall–Kier alpha value is -1.11. The smallest absolute Gasteiger partial charge is 0.242 e. The fourth-order valence-electron chi connectivity index (χ4n) is 2.67. The summed E-state index contributed by atoms with van der Waals surface area (Å²) in [6, 6.07) is -0.360. The Bertz CT molecular complexity index is 469. The highest BCUT2D eigenvalue weighted by Gasteiger charge is 2.34. The molecule has 1 rings (SSSR count). The lowest BCUT2D eigenvalue weighted by Gasteiger charge is -2.30. The van der Waals surface area contributed by atoms with Crippen LogP contribution in [0, 0.1) is 0 Å². The summed E-state index contributed by atoms with van der Waals surface area (Å²) in [6.45, 7) is 6.71. The van der Waals surface area contributed by atoms with Crippen LogP contribution in [0.15, 0.2) is 0 Å². The fraction of sp³-hybridized carbons (Fsp3) is 0.857. The molecule has 122 valence electrons. The first-order chi connectivity index (χ1) is 9.80. The standard InChI is InChI=1S/C14H26N2O4S/c1-4-7-15(8-5-2)14(18)10-16(12(3)17)13-6-9-21(19,20)11-13/h13H,4-11H2,1-3H3. The zero-order chi connectivity index (χ0) is 16.0. The number of hydrogen-bond donors (Lipinski definition) is 0. The van der Waals surface area contributed by atoms with Gasteiger partial charge in [-0.3, -0.25) is 9.59 Å². The SMILES string of the molecule is CCCN(CCC)C(=O)CN(C(C)=O)C1CCS(=O)(=O)C1. The van der Waals surface area contributed by atoms with Gasteiger partial charge in [-0.1, -0.05) is 13.8 Å². The number of carbonyl (C=O) groups is 2. The molecule has 7 heteroatoms. The van der Waals surface area contributed by atoms with Crippen molar-refractivity contribution in [1.29, 1.82) is 0 Å². The molecule has 1 aliphatic rings. The van der Waals surface area contributed by atoms with Gasteiger partial charge in [-0.2, -0.15) is 0 Å². The predicted octanol–water partition coefficient (Wildman–Crippen LogP) is 0.671. The summed E-state index contributed by atoms with van der Waals surface area (Å²) >= 11 is 0. The highest BCUT2D eigenvalue weighted by Crippen LogP contribution is 2.18. The zero-order valence-electron chi connectivity index (χ0n) is 13.2. The number of amides is 2. The van der Waals surface area contributed by atoms with Crippen LogP contribution in [0.4, 0.5) is 0 Å². The normalized spacial score (nSPS) is 20.2. The van der Waals surface area contributed by atoms with Gasteiger partial charge in [0, 0.05) is 26.1 Å². The molecule has 0 saturated carbocycles. The molecule has 0 aromatic rings. The topological polar surface area (TPSA) is 74.8 Å². The van der Waals surface area contributed by atoms with Gasteiger partial charge >= 0.3 is 0 Å². The van der Waals surface area contributed by atoms with Gasteiger partial charge in [-0.15, -0.1) is 0 Å². The van der Waals surface area contributed by atoms with Crippen molar-refractivity contribution < 1.29 is 18.0 Å². The van der Waals surface area contributed by atoms with Crippen molar-refractivity contribution in [2.75, 3.05) is 31.1 Å². The summed E-state index contributed by atoms with van der Waals surface area (Å²) in [5.41, 5.74) is 0. The summed E-state index contributed by atoms with van der Waals surface area (Å²) in [4.78, 5) is 27.3. The Morgan fingerprint density at radius 2 is 1.71 bits per heavy atom. The number of carbonyl (C=O) groups excluding carboxylic acids is 2. The molecule has 6 nitrogen and oxygen atoms in total. The molecule has 0 aromatic heterocycles. The molecule has 1 atom stereocenters. The van der Waals surface area contributed by atoms with Crippen LogP contribution < -0.4 is 0 Å². The maximum atomic E-state index is 12.3. The third kappa shape index (κ3) is 5.30. The van der Waals surface area contributed by atoms with Gasteiger partial charge in [0.15, 0.2) is 9.84 Å². The Kier molecular flexibility index (Phi) is 6.64. The summed E-state index contributed by atoms with van der Waals surface area (Å²) in [6.07, 6.45) is 2.16. The van der Waals surface area contributed by atoms with E-state index in [0.29, 0.717) is 19.5 Å². The molecule has 1 aliphatic heterocycles. The lowest BCUT2D eigenvalue weighted by atomic mass is 10.2. The van der Waals surface area contributed by atoms with Crippen LogP contribution in [0.25, 0.3) is 0 Å². The molecule has 2 amide bonds. The average molecular weight is 318 g/mol. The third-order valence-electron chi connectivity index (χ3n) is 3.70. The van der Waals surface area contributed by atoms with Crippen LogP contribution in [-0.4, -0.2) is 67.2 Å². The molecular weight excluding hydrogens is 292 g/mol. The Balaban J connectivity index is 2.74. The molecule has 21 heavy (non-hydrogen) atoms. The molecule has 0 spiro atoms. The van der Waals surface area contributed by atoms with Gasteiger partial charge in [0.05, 0.1) is 11.5 Å². The first-order valence-corrected chi connectivity index (χ1v) is 9.38. The first-order valence-electron chi connectivity index (χ1n) is 7.56. The summed E-state index contributed by atoms with van der Waals surface area (Å²) in [7, 11) is -3.07. The van der Waals surface area contributed by atoms with E-state index in [1.807, 2.05) is 13.8 Å². The van der Waals surface area contributed by atoms with Crippen LogP contribution in [0.1, 0.15) is 40.0 Å². The molecular formula is C14H26N2O4S. The van der Waals surface area contributed by atoms with E-state index in [2.05, 4.69) is 0 Å². The zero-order valence-corrected chi connectivity index (χ0v) is 14.0. The number of sulfone groups is 1. The second-order valence-corrected chi connectivity index (χ2v) is 7.81. The van der Waals surface area contributed by atoms with Gasteiger partial charge in [0.1, 0.15) is 6.54 Å². The van der Waals surface area contributed by atoms with E-state index in [0.717, 1.165) is 12.8 Å². The lowest BCUT2D eigenvalue weighted by Crippen LogP contribution is -2.47. The highest BCUT2D eigenvalue weighted by atomic mass is 32.2. The highest BCUT2D eigenvalue weighted by molar-refractivity contribution is 7.91. The van der Waals surface area contributed by atoms with Crippen molar-refractivity contribution in [3.63, 3.8) is 0 Å². The van der Waals surface area contributed by atoms with E-state index < -0.39 is 9.84 Å². The first kappa shape index (κ1) is 17.9. The minimum atomic E-state index is -3.07. The Labute approximate surface area is 127 Å². The number of hydrogen-bond acceptors (Lipinski definition) is 4. The molecule has 1 saturated heterocycles. The van der Waals surface area contributed by atoms with Crippen molar-refractivity contribution >= 4 is 21.7 Å². The molecule has 1 heterocycles. The van der Waals surface area contributed by atoms with Gasteiger partial charge < -0.3 is 9.80 Å². The van der Waals surface area contributed by atoms with Crippen molar-refractivity contribution in [2.45, 2.75) is 46.1 Å². The van der Waals surface area contributed by atoms with Gasteiger partial charge in [-0.05, 0) is 19.3 Å². The maximum absolute atomic E-state index is 12.3. The van der Waals surface area contributed by atoms with Crippen molar-refractivity contribution in [1.82, 2.24) is 9.80 Å². The second kappa shape index (κ2) is 7.77. The second-order valence-electron chi connectivity index (χ2n) is 5.58. The molecule has 0 aromatic carbocycles. The summed E-state index contributed by atoms with van der Waals surface area (Å²) in [5, 5.41) is 0. The average Bonchev–Trinajstić information content (AvgIpc) is 2.75. The van der Waals surface area contributed by atoms with Crippen molar-refractivity contribution in [3.05, 3.63) is 0 Å². The maximum Gasteiger partial charge on any atom is 0.242 e. The van der Waals surface area contributed by atoms with Crippen LogP contribution >= 0.6 is 0 Å². The van der Waals surface area contributed by atoms with Crippen LogP contribution in [0.3, 0.4) is 0 Å². The predicted molar refractivity (Wildman–Crippen MR) is 81.6 cm³/mol. The lowest BCUT2D eigenvalue weighted by molar-refractivity contribution is -0.141. The van der Waals surface area contributed by atoms with Crippen LogP contribution in [0.2, 0.25) is 0 Å². The summed E-state index contributed by atoms with van der Waals surface area (Å²) in [5.74, 6) is -0.262. The van der Waals surface area contributed by atoms with E-state index in [9.17, 15) is 18.0 Å². The van der Waals surface area contributed by atoms with E-state index in [1.54, 1.807) is 4.90 Å². The Morgan fingerprint density at radius 3 is 2.10 bits per heavy atom. The molecule has 1 fully saturated rings. The van der Waals surface area contributed by atoms with Crippen LogP contribution in [-0.2, 0) is 19.4 Å². The molecule has 0 aliphatic carbocycles. The van der Waals surface area contributed by atoms with E-state index >= 15 is 0 Å². The quantitative estimate of drug-likeness (QED) is 0.691. The minimum absolute atomic E-state index is 0.0183. The van der Waals surface area contributed by atoms with Crippen LogP contribution in [0.5, 0.6) is 0 Å². The largest absolute Gasteiger partial charge is 0.341 e. The molecule has 0 radical (unpaired) electrons. The van der Waals surface area contributed by atoms with Gasteiger partial charge in [0.25, 0.3) is 0 Å². The van der Waals surface area contributed by atoms with Crippen molar-refractivity contribution in [2.24, 2.45) is 0 Å². The fourth-order valence-corrected chi connectivity index (χ4v) is 4.40. The van der Waals surface area contributed by atoms with Gasteiger partial charge in [0.2, 0.25) is 11.8 Å². The summed E-state index contributed by atoms with van der Waals surface area (Å²) < 4.78 is 23.1. The molecule has 0 N–H and O–H groups in total. The van der Waals surface area contributed by atoms with Gasteiger partial charge in [-0.25, -0.2) is 8.42 Å². The minimum Gasteiger partial charge on any atom is -0.341 e. The number of rotatable bonds is 7. The van der Waals surface area contributed by atoms with E-state index in [-0.39, 0.29) is 35.9 Å². The number of nitrogens with zero attached hydrogens (tertiary/aromatic N) is 2. The monoisotopic (exact) mass is 318 g/mol. The van der Waals surface area contributed by atoms with E-state index in [4.69, 9.17) is 0 Å². The van der Waals surface area contributed by atoms with E-state index in [1.165, 1.54) is 11.8 Å².